The van der Waals surface area contributed by atoms with Crippen molar-refractivity contribution in [3.05, 3.63) is 23.9 Å². The fraction of sp³-hybridized carbons (Fsp3) is 0.600. The van der Waals surface area contributed by atoms with Crippen LogP contribution in [-0.4, -0.2) is 54.7 Å². The van der Waals surface area contributed by atoms with Crippen LogP contribution in [0.15, 0.2) is 18.2 Å². The van der Waals surface area contributed by atoms with Crippen LogP contribution in [0.4, 0.5) is 5.82 Å². The summed E-state index contributed by atoms with van der Waals surface area (Å²) >= 11 is 0. The van der Waals surface area contributed by atoms with E-state index in [9.17, 15) is 4.79 Å². The molecule has 1 aromatic rings. The van der Waals surface area contributed by atoms with E-state index in [1.54, 1.807) is 0 Å². The number of anilines is 1. The Morgan fingerprint density at radius 1 is 1.43 bits per heavy atom. The average Bonchev–Trinajstić information content (AvgIpc) is 2.49. The standard InChI is InChI=1S/C15H24N4O2/c1-3-16-14-7-5-6-12(18-14)10-19-8-9-21-11-13(19)15(20)17-4-2/h5-7,13H,3-4,8-11H2,1-2H3,(H,16,18)(H,17,20). The molecule has 6 heteroatoms. The van der Waals surface area contributed by atoms with Crippen LogP contribution in [0.2, 0.25) is 0 Å². The van der Waals surface area contributed by atoms with E-state index in [1.807, 2.05) is 32.0 Å². The smallest absolute Gasteiger partial charge is 0.239 e. The molecule has 2 heterocycles. The van der Waals surface area contributed by atoms with E-state index in [0.717, 1.165) is 24.6 Å². The summed E-state index contributed by atoms with van der Waals surface area (Å²) in [4.78, 5) is 18.8. The second kappa shape index (κ2) is 7.95. The SMILES string of the molecule is CCNC(=O)C1COCCN1Cc1cccc(NCC)n1. The fourth-order valence-electron chi connectivity index (χ4n) is 2.42. The largest absolute Gasteiger partial charge is 0.378 e. The Morgan fingerprint density at radius 3 is 3.05 bits per heavy atom. The van der Waals surface area contributed by atoms with Gasteiger partial charge in [0, 0.05) is 26.2 Å². The Balaban J connectivity index is 2.04. The van der Waals surface area contributed by atoms with E-state index in [4.69, 9.17) is 4.74 Å². The summed E-state index contributed by atoms with van der Waals surface area (Å²) in [5.74, 6) is 0.901. The number of hydrogen-bond donors (Lipinski definition) is 2. The highest BCUT2D eigenvalue weighted by molar-refractivity contribution is 5.81. The highest BCUT2D eigenvalue weighted by Gasteiger charge is 2.29. The molecule has 0 aromatic carbocycles. The van der Waals surface area contributed by atoms with E-state index in [2.05, 4.69) is 20.5 Å². The third-order valence-corrected chi connectivity index (χ3v) is 3.42. The summed E-state index contributed by atoms with van der Waals surface area (Å²) in [5, 5.41) is 6.08. The van der Waals surface area contributed by atoms with Crippen molar-refractivity contribution in [1.82, 2.24) is 15.2 Å². The van der Waals surface area contributed by atoms with Gasteiger partial charge in [0.1, 0.15) is 11.9 Å². The number of pyridine rings is 1. The lowest BCUT2D eigenvalue weighted by atomic mass is 10.2. The van der Waals surface area contributed by atoms with E-state index in [0.29, 0.717) is 26.3 Å². The van der Waals surface area contributed by atoms with Crippen LogP contribution in [0.1, 0.15) is 19.5 Å². The Bertz CT molecular complexity index is 467. The molecule has 1 aliphatic rings. The monoisotopic (exact) mass is 292 g/mol. The molecule has 1 fully saturated rings. The number of nitrogens with one attached hydrogen (secondary N) is 2. The molecule has 0 aliphatic carbocycles. The van der Waals surface area contributed by atoms with Crippen molar-refractivity contribution >= 4 is 11.7 Å². The van der Waals surface area contributed by atoms with Gasteiger partial charge in [0.25, 0.3) is 0 Å². The number of hydrogen-bond acceptors (Lipinski definition) is 5. The molecule has 6 nitrogen and oxygen atoms in total. The number of nitrogens with zero attached hydrogens (tertiary/aromatic N) is 2. The first-order valence-corrected chi connectivity index (χ1v) is 7.54. The summed E-state index contributed by atoms with van der Waals surface area (Å²) in [6.45, 7) is 7.95. The van der Waals surface area contributed by atoms with Crippen molar-refractivity contribution in [1.29, 1.82) is 0 Å². The minimum atomic E-state index is -0.233. The van der Waals surface area contributed by atoms with Crippen LogP contribution >= 0.6 is 0 Å². The maximum atomic E-state index is 12.1. The predicted octanol–water partition coefficient (Wildman–Crippen LogP) is 0.850. The Labute approximate surface area is 125 Å². The number of likely N-dealkylation sites (N-methyl/N-ethyl adjacent to an activating group) is 1. The minimum absolute atomic E-state index is 0.0278. The number of carbonyl (C=O) groups is 1. The minimum Gasteiger partial charge on any atom is -0.378 e. The van der Waals surface area contributed by atoms with Crippen molar-refractivity contribution < 1.29 is 9.53 Å². The molecule has 2 rings (SSSR count). The molecule has 1 aromatic heterocycles. The molecule has 1 unspecified atom stereocenters. The van der Waals surface area contributed by atoms with Gasteiger partial charge in [-0.05, 0) is 26.0 Å². The highest BCUT2D eigenvalue weighted by Crippen LogP contribution is 2.13. The molecule has 116 valence electrons. The molecule has 1 saturated heterocycles. The van der Waals surface area contributed by atoms with Crippen LogP contribution in [0, 0.1) is 0 Å². The maximum Gasteiger partial charge on any atom is 0.239 e. The zero-order chi connectivity index (χ0) is 15.1. The highest BCUT2D eigenvalue weighted by atomic mass is 16.5. The first-order valence-electron chi connectivity index (χ1n) is 7.54. The van der Waals surface area contributed by atoms with E-state index in [-0.39, 0.29) is 11.9 Å². The van der Waals surface area contributed by atoms with E-state index < -0.39 is 0 Å². The van der Waals surface area contributed by atoms with Crippen molar-refractivity contribution in [2.45, 2.75) is 26.4 Å². The third-order valence-electron chi connectivity index (χ3n) is 3.42. The Hall–Kier alpha value is -1.66. The van der Waals surface area contributed by atoms with Crippen molar-refractivity contribution in [2.24, 2.45) is 0 Å². The quantitative estimate of drug-likeness (QED) is 0.814. The van der Waals surface area contributed by atoms with Gasteiger partial charge in [-0.3, -0.25) is 9.69 Å². The number of amides is 1. The third kappa shape index (κ3) is 4.41. The summed E-state index contributed by atoms with van der Waals surface area (Å²) in [5.41, 5.74) is 0.963. The zero-order valence-corrected chi connectivity index (χ0v) is 12.8. The molecule has 21 heavy (non-hydrogen) atoms. The molecule has 0 saturated carbocycles. The number of carbonyl (C=O) groups excluding carboxylic acids is 1. The molecule has 2 N–H and O–H groups in total. The molecule has 1 amide bonds. The lowest BCUT2D eigenvalue weighted by molar-refractivity contribution is -0.132. The second-order valence-electron chi connectivity index (χ2n) is 5.00. The van der Waals surface area contributed by atoms with Crippen molar-refractivity contribution in [3.8, 4) is 0 Å². The van der Waals surface area contributed by atoms with E-state index >= 15 is 0 Å². The van der Waals surface area contributed by atoms with Crippen LogP contribution in [-0.2, 0) is 16.1 Å². The molecular weight excluding hydrogens is 268 g/mol. The summed E-state index contributed by atoms with van der Waals surface area (Å²) < 4.78 is 5.44. The van der Waals surface area contributed by atoms with Gasteiger partial charge in [-0.2, -0.15) is 0 Å². The van der Waals surface area contributed by atoms with E-state index in [1.165, 1.54) is 0 Å². The second-order valence-corrected chi connectivity index (χ2v) is 5.00. The molecule has 1 aliphatic heterocycles. The number of ether oxygens (including phenoxy) is 1. The van der Waals surface area contributed by atoms with Crippen molar-refractivity contribution in [3.63, 3.8) is 0 Å². The topological polar surface area (TPSA) is 66.5 Å². The summed E-state index contributed by atoms with van der Waals surface area (Å²) in [6, 6.07) is 5.70. The predicted molar refractivity (Wildman–Crippen MR) is 82.1 cm³/mol. The molecular formula is C15H24N4O2. The molecule has 0 radical (unpaired) electrons. The number of aromatic nitrogens is 1. The molecule has 1 atom stereocenters. The summed E-state index contributed by atoms with van der Waals surface area (Å²) in [6.07, 6.45) is 0. The first-order chi connectivity index (χ1) is 10.2. The van der Waals surface area contributed by atoms with Gasteiger partial charge in [0.05, 0.1) is 18.9 Å². The molecule has 0 bridgehead atoms. The van der Waals surface area contributed by atoms with Gasteiger partial charge >= 0.3 is 0 Å². The Morgan fingerprint density at radius 2 is 2.29 bits per heavy atom. The Kier molecular flexibility index (Phi) is 5.95. The lowest BCUT2D eigenvalue weighted by Gasteiger charge is -2.34. The zero-order valence-electron chi connectivity index (χ0n) is 12.8. The number of morpholine rings is 1. The van der Waals surface area contributed by atoms with Crippen LogP contribution in [0.3, 0.4) is 0 Å². The van der Waals surface area contributed by atoms with Gasteiger partial charge < -0.3 is 15.4 Å². The fourth-order valence-corrected chi connectivity index (χ4v) is 2.42. The summed E-state index contributed by atoms with van der Waals surface area (Å²) in [7, 11) is 0. The van der Waals surface area contributed by atoms with Crippen LogP contribution in [0.5, 0.6) is 0 Å². The van der Waals surface area contributed by atoms with Gasteiger partial charge in [-0.15, -0.1) is 0 Å². The van der Waals surface area contributed by atoms with Gasteiger partial charge in [-0.1, -0.05) is 6.07 Å². The normalized spacial score (nSPS) is 19.2. The average molecular weight is 292 g/mol. The van der Waals surface area contributed by atoms with Crippen LogP contribution in [0.25, 0.3) is 0 Å². The maximum absolute atomic E-state index is 12.1. The van der Waals surface area contributed by atoms with Crippen molar-refractivity contribution in [2.75, 3.05) is 38.2 Å². The van der Waals surface area contributed by atoms with Gasteiger partial charge in [-0.25, -0.2) is 4.98 Å². The molecule has 0 spiro atoms. The van der Waals surface area contributed by atoms with Crippen LogP contribution < -0.4 is 10.6 Å². The first kappa shape index (κ1) is 15.7. The van der Waals surface area contributed by atoms with Gasteiger partial charge in [0.2, 0.25) is 5.91 Å². The van der Waals surface area contributed by atoms with Gasteiger partial charge in [0.15, 0.2) is 0 Å². The number of rotatable bonds is 6. The lowest BCUT2D eigenvalue weighted by Crippen LogP contribution is -2.53.